The molecular weight excluding hydrogens is 394 g/mol. The van der Waals surface area contributed by atoms with Crippen LogP contribution in [0.5, 0.6) is 0 Å². The third-order valence-electron chi connectivity index (χ3n) is 4.98. The average molecular weight is 424 g/mol. The second-order valence-corrected chi connectivity index (χ2v) is 9.35. The van der Waals surface area contributed by atoms with Crippen LogP contribution in [0.15, 0.2) is 59.8 Å². The zero-order valence-corrected chi connectivity index (χ0v) is 18.7. The van der Waals surface area contributed by atoms with E-state index in [1.165, 1.54) is 27.6 Å². The highest BCUT2D eigenvalue weighted by Crippen LogP contribution is 2.26. The molecule has 1 heterocycles. The van der Waals surface area contributed by atoms with Crippen LogP contribution in [0.2, 0.25) is 0 Å². The Labute approximate surface area is 182 Å². The van der Waals surface area contributed by atoms with Gasteiger partial charge in [0, 0.05) is 12.1 Å². The van der Waals surface area contributed by atoms with Gasteiger partial charge in [-0.05, 0) is 22.5 Å². The lowest BCUT2D eigenvalue weighted by Crippen LogP contribution is -2.29. The molecule has 3 rings (SSSR count). The number of hydrogen-bond acceptors (Lipinski definition) is 5. The highest BCUT2D eigenvalue weighted by atomic mass is 32.2. The van der Waals surface area contributed by atoms with Gasteiger partial charge < -0.3 is 11.2 Å². The summed E-state index contributed by atoms with van der Waals surface area (Å²) in [6.45, 7) is 9.20. The summed E-state index contributed by atoms with van der Waals surface area (Å²) in [7, 11) is 0. The van der Waals surface area contributed by atoms with E-state index in [0.29, 0.717) is 17.5 Å². The molecule has 0 aliphatic carbocycles. The molecule has 7 heteroatoms. The Balaban J connectivity index is 1.55. The number of nitrogen functional groups attached to an aromatic ring is 1. The fourth-order valence-electron chi connectivity index (χ4n) is 3.04. The normalized spacial score (nSPS) is 12.5. The molecule has 2 aromatic carbocycles. The first-order valence-corrected chi connectivity index (χ1v) is 11.0. The summed E-state index contributed by atoms with van der Waals surface area (Å²) < 4.78 is 1.44. The fraction of sp³-hybridized carbons (Fsp3) is 0.348. The molecule has 1 aromatic heterocycles. The van der Waals surface area contributed by atoms with Gasteiger partial charge in [-0.15, -0.1) is 10.2 Å². The summed E-state index contributed by atoms with van der Waals surface area (Å²) in [5, 5.41) is 11.8. The molecule has 0 saturated heterocycles. The molecule has 1 amide bonds. The van der Waals surface area contributed by atoms with Gasteiger partial charge in [-0.2, -0.15) is 0 Å². The Hall–Kier alpha value is -2.80. The van der Waals surface area contributed by atoms with Gasteiger partial charge in [0.2, 0.25) is 11.1 Å². The van der Waals surface area contributed by atoms with Gasteiger partial charge in [-0.25, -0.2) is 4.68 Å². The van der Waals surface area contributed by atoms with E-state index in [4.69, 9.17) is 5.84 Å². The predicted octanol–water partition coefficient (Wildman–Crippen LogP) is 3.97. The van der Waals surface area contributed by atoms with Crippen molar-refractivity contribution >= 4 is 17.7 Å². The van der Waals surface area contributed by atoms with Crippen molar-refractivity contribution in [3.8, 4) is 11.4 Å². The number of carbonyl (C=O) groups is 1. The van der Waals surface area contributed by atoms with Crippen molar-refractivity contribution in [3.63, 3.8) is 0 Å². The van der Waals surface area contributed by atoms with Crippen LogP contribution >= 0.6 is 11.8 Å². The Morgan fingerprint density at radius 2 is 1.77 bits per heavy atom. The van der Waals surface area contributed by atoms with Crippen molar-refractivity contribution in [2.24, 2.45) is 0 Å². The minimum atomic E-state index is -0.0538. The molecule has 30 heavy (non-hydrogen) atoms. The summed E-state index contributed by atoms with van der Waals surface area (Å²) in [6.07, 6.45) is 0. The van der Waals surface area contributed by atoms with Crippen LogP contribution in [0.4, 0.5) is 0 Å². The highest BCUT2D eigenvalue weighted by Gasteiger charge is 2.17. The molecule has 0 bridgehead atoms. The van der Waals surface area contributed by atoms with Crippen LogP contribution in [0, 0.1) is 0 Å². The second kappa shape index (κ2) is 9.34. The molecule has 0 spiro atoms. The lowest BCUT2D eigenvalue weighted by molar-refractivity contribution is -0.118. The van der Waals surface area contributed by atoms with Crippen molar-refractivity contribution in [1.29, 1.82) is 0 Å². The van der Waals surface area contributed by atoms with Crippen molar-refractivity contribution < 1.29 is 4.79 Å². The summed E-state index contributed by atoms with van der Waals surface area (Å²) in [5.41, 5.74) is 3.42. The third-order valence-corrected chi connectivity index (χ3v) is 5.92. The quantitative estimate of drug-likeness (QED) is 0.444. The van der Waals surface area contributed by atoms with Gasteiger partial charge in [0.05, 0.1) is 5.75 Å². The Morgan fingerprint density at radius 3 is 2.40 bits per heavy atom. The number of amides is 1. The van der Waals surface area contributed by atoms with E-state index in [0.717, 1.165) is 5.56 Å². The van der Waals surface area contributed by atoms with Crippen molar-refractivity contribution in [2.45, 2.75) is 44.2 Å². The lowest BCUT2D eigenvalue weighted by atomic mass is 9.87. The standard InChI is InChI=1S/C23H29N5OS/c1-16(17-8-6-5-7-9-17)14-25-20(29)15-30-22-27-26-21(28(22)24)18-10-12-19(13-11-18)23(2,3)4/h5-13,16H,14-15,24H2,1-4H3,(H,25,29). The molecule has 158 valence electrons. The lowest BCUT2D eigenvalue weighted by Gasteiger charge is -2.19. The van der Waals surface area contributed by atoms with E-state index in [9.17, 15) is 4.79 Å². The maximum atomic E-state index is 12.2. The van der Waals surface area contributed by atoms with E-state index >= 15 is 0 Å². The first kappa shape index (κ1) is 21.9. The number of rotatable bonds is 7. The van der Waals surface area contributed by atoms with Crippen LogP contribution in [0.1, 0.15) is 44.7 Å². The molecule has 0 aliphatic rings. The van der Waals surface area contributed by atoms with E-state index in [2.05, 4.69) is 67.5 Å². The summed E-state index contributed by atoms with van der Waals surface area (Å²) >= 11 is 1.28. The van der Waals surface area contributed by atoms with E-state index in [1.807, 2.05) is 30.3 Å². The monoisotopic (exact) mass is 423 g/mol. The van der Waals surface area contributed by atoms with Gasteiger partial charge in [0.1, 0.15) is 0 Å². The first-order chi connectivity index (χ1) is 14.3. The van der Waals surface area contributed by atoms with Gasteiger partial charge in [0.15, 0.2) is 5.82 Å². The molecule has 0 radical (unpaired) electrons. The smallest absolute Gasteiger partial charge is 0.230 e. The molecule has 1 unspecified atom stereocenters. The summed E-state index contributed by atoms with van der Waals surface area (Å²) in [5.74, 6) is 7.20. The number of nitrogens with two attached hydrogens (primary N) is 1. The first-order valence-electron chi connectivity index (χ1n) is 10.0. The summed E-state index contributed by atoms with van der Waals surface area (Å²) in [6, 6.07) is 18.3. The summed E-state index contributed by atoms with van der Waals surface area (Å²) in [4.78, 5) is 12.2. The maximum Gasteiger partial charge on any atom is 0.230 e. The van der Waals surface area contributed by atoms with Gasteiger partial charge in [-0.3, -0.25) is 4.79 Å². The van der Waals surface area contributed by atoms with Gasteiger partial charge in [-0.1, -0.05) is 94.1 Å². The molecule has 0 aliphatic heterocycles. The topological polar surface area (TPSA) is 85.8 Å². The number of hydrogen-bond donors (Lipinski definition) is 2. The predicted molar refractivity (Wildman–Crippen MR) is 123 cm³/mol. The Kier molecular flexibility index (Phi) is 6.82. The van der Waals surface area contributed by atoms with Crippen LogP contribution in [0.3, 0.4) is 0 Å². The molecule has 3 N–H and O–H groups in total. The number of thioether (sulfide) groups is 1. The van der Waals surface area contributed by atoms with Gasteiger partial charge in [0.25, 0.3) is 0 Å². The van der Waals surface area contributed by atoms with E-state index in [1.54, 1.807) is 0 Å². The largest absolute Gasteiger partial charge is 0.355 e. The molecular formula is C23H29N5OS. The number of nitrogens with zero attached hydrogens (tertiary/aromatic N) is 3. The van der Waals surface area contributed by atoms with Crippen LogP contribution in [0.25, 0.3) is 11.4 Å². The van der Waals surface area contributed by atoms with Crippen LogP contribution < -0.4 is 11.2 Å². The molecule has 6 nitrogen and oxygen atoms in total. The van der Waals surface area contributed by atoms with Crippen LogP contribution in [-0.2, 0) is 10.2 Å². The Bertz CT molecular complexity index is 977. The van der Waals surface area contributed by atoms with Crippen molar-refractivity contribution in [3.05, 3.63) is 65.7 Å². The molecule has 3 aromatic rings. The zero-order valence-electron chi connectivity index (χ0n) is 17.9. The van der Waals surface area contributed by atoms with Crippen molar-refractivity contribution in [1.82, 2.24) is 20.2 Å². The van der Waals surface area contributed by atoms with Gasteiger partial charge >= 0.3 is 0 Å². The highest BCUT2D eigenvalue weighted by molar-refractivity contribution is 7.99. The minimum Gasteiger partial charge on any atom is -0.355 e. The SMILES string of the molecule is CC(CNC(=O)CSc1nnc(-c2ccc(C(C)(C)C)cc2)n1N)c1ccccc1. The zero-order chi connectivity index (χ0) is 21.7. The number of carbonyl (C=O) groups excluding carboxylic acids is 1. The number of aromatic nitrogens is 3. The Morgan fingerprint density at radius 1 is 1.10 bits per heavy atom. The third kappa shape index (κ3) is 5.42. The molecule has 1 atom stereocenters. The maximum absolute atomic E-state index is 12.2. The number of benzene rings is 2. The van der Waals surface area contributed by atoms with E-state index in [-0.39, 0.29) is 23.0 Å². The van der Waals surface area contributed by atoms with Crippen LogP contribution in [-0.4, -0.2) is 33.1 Å². The fourth-order valence-corrected chi connectivity index (χ4v) is 3.73. The minimum absolute atomic E-state index is 0.0538. The van der Waals surface area contributed by atoms with E-state index < -0.39 is 0 Å². The number of nitrogens with one attached hydrogen (secondary N) is 1. The van der Waals surface area contributed by atoms with Crippen molar-refractivity contribution in [2.75, 3.05) is 18.1 Å². The molecule has 0 saturated carbocycles. The second-order valence-electron chi connectivity index (χ2n) is 8.41. The average Bonchev–Trinajstić information content (AvgIpc) is 3.11. The molecule has 0 fully saturated rings.